The van der Waals surface area contributed by atoms with E-state index in [0.717, 1.165) is 5.56 Å². The summed E-state index contributed by atoms with van der Waals surface area (Å²) in [4.78, 5) is 23.2. The molecule has 0 fully saturated rings. The summed E-state index contributed by atoms with van der Waals surface area (Å²) in [5.74, 6) is 0.349. The van der Waals surface area contributed by atoms with Gasteiger partial charge in [-0.05, 0) is 12.1 Å². The quantitative estimate of drug-likeness (QED) is 0.256. The van der Waals surface area contributed by atoms with Crippen molar-refractivity contribution in [2.45, 2.75) is 0 Å². The lowest BCUT2D eigenvalue weighted by atomic mass is 10.1. The van der Waals surface area contributed by atoms with Gasteiger partial charge < -0.3 is 19.5 Å². The fourth-order valence-corrected chi connectivity index (χ4v) is 2.73. The highest BCUT2D eigenvalue weighted by Crippen LogP contribution is 2.39. The normalized spacial score (nSPS) is 12.9. The number of para-hydroxylation sites is 1. The molecule has 2 aromatic carbocycles. The second-order valence-electron chi connectivity index (χ2n) is 6.02. The number of rotatable bonds is 6. The first-order valence-corrected chi connectivity index (χ1v) is 8.84. The van der Waals surface area contributed by atoms with Gasteiger partial charge in [-0.3, -0.25) is 14.9 Å². The number of methoxy groups -OCH3 is 1. The molecule has 0 saturated carbocycles. The van der Waals surface area contributed by atoms with E-state index < -0.39 is 10.8 Å². The smallest absolute Gasteiger partial charge is 0.296 e. The van der Waals surface area contributed by atoms with Crippen molar-refractivity contribution < 1.29 is 23.9 Å². The molecule has 152 valence electrons. The van der Waals surface area contributed by atoms with Crippen LogP contribution in [0.25, 0.3) is 6.08 Å². The van der Waals surface area contributed by atoms with E-state index in [4.69, 9.17) is 14.2 Å². The van der Waals surface area contributed by atoms with Gasteiger partial charge >= 0.3 is 0 Å². The molecule has 1 N–H and O–H groups in total. The number of ether oxygens (including phenoxy) is 3. The largest absolute Gasteiger partial charge is 0.496 e. The molecular weight excluding hydrogens is 390 g/mol. The topological polar surface area (TPSA) is 124 Å². The fraction of sp³-hybridized carbons (Fsp3) is 0.143. The molecule has 3 rings (SSSR count). The van der Waals surface area contributed by atoms with Gasteiger partial charge in [0.25, 0.3) is 11.6 Å². The van der Waals surface area contributed by atoms with E-state index in [2.05, 4.69) is 5.32 Å². The van der Waals surface area contributed by atoms with Gasteiger partial charge in [0.1, 0.15) is 36.3 Å². The van der Waals surface area contributed by atoms with Gasteiger partial charge in [0.15, 0.2) is 11.5 Å². The van der Waals surface area contributed by atoms with E-state index in [0.29, 0.717) is 5.75 Å². The maximum atomic E-state index is 12.5. The number of nitriles is 1. The van der Waals surface area contributed by atoms with Crippen molar-refractivity contribution in [2.75, 3.05) is 25.6 Å². The van der Waals surface area contributed by atoms with Crippen LogP contribution < -0.4 is 19.5 Å². The van der Waals surface area contributed by atoms with Crippen LogP contribution >= 0.6 is 0 Å². The Hall–Kier alpha value is -4.32. The number of anilines is 1. The average molecular weight is 407 g/mol. The Bertz CT molecular complexity index is 1080. The zero-order valence-electron chi connectivity index (χ0n) is 16.0. The summed E-state index contributed by atoms with van der Waals surface area (Å²) in [5.41, 5.74) is 0.0697. The van der Waals surface area contributed by atoms with Crippen LogP contribution in [-0.4, -0.2) is 31.2 Å². The molecule has 9 nitrogen and oxygen atoms in total. The van der Waals surface area contributed by atoms with Crippen LogP contribution in [0.1, 0.15) is 5.56 Å². The Morgan fingerprint density at radius 3 is 2.63 bits per heavy atom. The summed E-state index contributed by atoms with van der Waals surface area (Å²) in [6.07, 6.45) is 4.51. The summed E-state index contributed by atoms with van der Waals surface area (Å²) in [6.45, 7) is 0.561. The van der Waals surface area contributed by atoms with Crippen molar-refractivity contribution in [1.82, 2.24) is 0 Å². The summed E-state index contributed by atoms with van der Waals surface area (Å²) >= 11 is 0. The molecule has 0 bridgehead atoms. The number of nitro benzene ring substituents is 1. The van der Waals surface area contributed by atoms with Crippen LogP contribution in [0.3, 0.4) is 0 Å². The SMILES string of the molecule is COc1ccccc1/C=C/C=C(\C#N)C(=O)Nc1cc2c(cc1[N+](=O)[O-])OCCO2. The molecule has 2 aromatic rings. The predicted octanol–water partition coefficient (Wildman–Crippen LogP) is 3.48. The molecule has 1 heterocycles. The van der Waals surface area contributed by atoms with Crippen molar-refractivity contribution in [3.63, 3.8) is 0 Å². The molecule has 1 amide bonds. The molecule has 30 heavy (non-hydrogen) atoms. The number of nitro groups is 1. The lowest BCUT2D eigenvalue weighted by Gasteiger charge is -2.19. The Balaban J connectivity index is 1.83. The van der Waals surface area contributed by atoms with E-state index >= 15 is 0 Å². The Morgan fingerprint density at radius 1 is 1.27 bits per heavy atom. The molecule has 0 saturated heterocycles. The highest BCUT2D eigenvalue weighted by atomic mass is 16.6. The van der Waals surface area contributed by atoms with Crippen molar-refractivity contribution in [1.29, 1.82) is 5.26 Å². The number of benzene rings is 2. The van der Waals surface area contributed by atoms with Gasteiger partial charge in [0.05, 0.1) is 18.1 Å². The number of amides is 1. The van der Waals surface area contributed by atoms with Gasteiger partial charge in [-0.15, -0.1) is 0 Å². The van der Waals surface area contributed by atoms with Crippen molar-refractivity contribution in [3.05, 3.63) is 69.8 Å². The lowest BCUT2D eigenvalue weighted by Crippen LogP contribution is -2.18. The van der Waals surface area contributed by atoms with Crippen LogP contribution in [0, 0.1) is 21.4 Å². The molecule has 9 heteroatoms. The summed E-state index contributed by atoms with van der Waals surface area (Å²) in [7, 11) is 1.54. The molecule has 0 radical (unpaired) electrons. The number of allylic oxidation sites excluding steroid dienone is 2. The highest BCUT2D eigenvalue weighted by molar-refractivity contribution is 6.08. The molecule has 0 aliphatic carbocycles. The minimum Gasteiger partial charge on any atom is -0.496 e. The monoisotopic (exact) mass is 407 g/mol. The third-order valence-electron chi connectivity index (χ3n) is 4.15. The first-order chi connectivity index (χ1) is 14.5. The molecule has 0 spiro atoms. The Morgan fingerprint density at radius 2 is 1.97 bits per heavy atom. The summed E-state index contributed by atoms with van der Waals surface area (Å²) in [5, 5.41) is 23.1. The van der Waals surface area contributed by atoms with Gasteiger partial charge in [-0.2, -0.15) is 5.26 Å². The zero-order valence-corrected chi connectivity index (χ0v) is 16.0. The fourth-order valence-electron chi connectivity index (χ4n) is 2.73. The molecule has 0 aromatic heterocycles. The second-order valence-corrected chi connectivity index (χ2v) is 6.02. The molecule has 1 aliphatic rings. The van der Waals surface area contributed by atoms with Crippen LogP contribution in [0.5, 0.6) is 17.2 Å². The van der Waals surface area contributed by atoms with E-state index in [1.54, 1.807) is 18.2 Å². The van der Waals surface area contributed by atoms with E-state index in [1.807, 2.05) is 18.2 Å². The maximum absolute atomic E-state index is 12.5. The van der Waals surface area contributed by atoms with Crippen molar-refractivity contribution >= 4 is 23.4 Å². The highest BCUT2D eigenvalue weighted by Gasteiger charge is 2.24. The minimum absolute atomic E-state index is 0.0934. The molecule has 0 unspecified atom stereocenters. The molecule has 0 atom stereocenters. The van der Waals surface area contributed by atoms with E-state index in [9.17, 15) is 20.2 Å². The standard InChI is InChI=1S/C21H17N3O6/c1-28-18-8-3-2-5-14(18)6-4-7-15(13-22)21(25)23-16-11-19-20(30-10-9-29-19)12-17(16)24(26)27/h2-8,11-12H,9-10H2,1H3,(H,23,25)/b6-4+,15-7+. The minimum atomic E-state index is -0.790. The molecule has 1 aliphatic heterocycles. The van der Waals surface area contributed by atoms with E-state index in [-0.39, 0.29) is 41.7 Å². The Labute approximate surface area is 171 Å². The third kappa shape index (κ3) is 4.56. The average Bonchev–Trinajstić information content (AvgIpc) is 2.76. The van der Waals surface area contributed by atoms with Crippen LogP contribution in [0.2, 0.25) is 0 Å². The number of hydrogen-bond donors (Lipinski definition) is 1. The number of carbonyl (C=O) groups excluding carboxylic acids is 1. The number of nitrogens with zero attached hydrogens (tertiary/aromatic N) is 2. The number of carbonyl (C=O) groups is 1. The number of nitrogens with one attached hydrogen (secondary N) is 1. The Kier molecular flexibility index (Phi) is 6.29. The first kappa shape index (κ1) is 20.4. The zero-order chi connectivity index (χ0) is 21.5. The predicted molar refractivity (Wildman–Crippen MR) is 108 cm³/mol. The van der Waals surface area contributed by atoms with Gasteiger partial charge in [-0.1, -0.05) is 30.4 Å². The van der Waals surface area contributed by atoms with Gasteiger partial charge in [-0.25, -0.2) is 0 Å². The van der Waals surface area contributed by atoms with Crippen LogP contribution in [0.4, 0.5) is 11.4 Å². The van der Waals surface area contributed by atoms with Crippen molar-refractivity contribution in [3.8, 4) is 23.3 Å². The van der Waals surface area contributed by atoms with Crippen LogP contribution in [0.15, 0.2) is 54.1 Å². The lowest BCUT2D eigenvalue weighted by molar-refractivity contribution is -0.384. The first-order valence-electron chi connectivity index (χ1n) is 8.84. The third-order valence-corrected chi connectivity index (χ3v) is 4.15. The van der Waals surface area contributed by atoms with Crippen LogP contribution in [-0.2, 0) is 4.79 Å². The summed E-state index contributed by atoms with van der Waals surface area (Å²) in [6, 6.07) is 11.5. The number of fused-ring (bicyclic) bond motifs is 1. The van der Waals surface area contributed by atoms with E-state index in [1.165, 1.54) is 31.4 Å². The van der Waals surface area contributed by atoms with Crippen molar-refractivity contribution in [2.24, 2.45) is 0 Å². The molecular formula is C21H17N3O6. The maximum Gasteiger partial charge on any atom is 0.296 e. The number of hydrogen-bond acceptors (Lipinski definition) is 7. The second kappa shape index (κ2) is 9.25. The van der Waals surface area contributed by atoms with Gasteiger partial charge in [0.2, 0.25) is 0 Å². The van der Waals surface area contributed by atoms with Gasteiger partial charge in [0, 0.05) is 11.6 Å². The summed E-state index contributed by atoms with van der Waals surface area (Å²) < 4.78 is 16.0.